The maximum atomic E-state index is 13.3. The van der Waals surface area contributed by atoms with E-state index in [1.54, 1.807) is 32.3 Å². The van der Waals surface area contributed by atoms with Gasteiger partial charge in [-0.05, 0) is 78.2 Å². The number of methoxy groups -OCH3 is 3. The molecule has 1 unspecified atom stereocenters. The van der Waals surface area contributed by atoms with Gasteiger partial charge in [-0.1, -0.05) is 42.5 Å². The lowest BCUT2D eigenvalue weighted by molar-refractivity contribution is -0.113. The summed E-state index contributed by atoms with van der Waals surface area (Å²) in [4.78, 5) is 15.0. The van der Waals surface area contributed by atoms with Crippen LogP contribution in [-0.4, -0.2) is 27.2 Å². The van der Waals surface area contributed by atoms with Crippen molar-refractivity contribution in [1.82, 2.24) is 0 Å². The Bertz CT molecular complexity index is 1220. The molecule has 5 heteroatoms. The summed E-state index contributed by atoms with van der Waals surface area (Å²) in [5.74, 6) is 2.33. The number of carbonyl (C=O) groups is 1. The highest BCUT2D eigenvalue weighted by Gasteiger charge is 2.21. The van der Waals surface area contributed by atoms with Gasteiger partial charge in [-0.2, -0.15) is 0 Å². The highest BCUT2D eigenvalue weighted by Crippen LogP contribution is 2.31. The Labute approximate surface area is 206 Å². The van der Waals surface area contributed by atoms with Crippen molar-refractivity contribution in [1.29, 1.82) is 0 Å². The minimum atomic E-state index is -0.103. The molecule has 0 aromatic heterocycles. The van der Waals surface area contributed by atoms with Crippen LogP contribution in [0.15, 0.2) is 103 Å². The van der Waals surface area contributed by atoms with Gasteiger partial charge in [-0.25, -0.2) is 0 Å². The molecular formula is C30H29NO4. The fraction of sp³-hybridized carbons (Fsp3) is 0.167. The van der Waals surface area contributed by atoms with E-state index in [4.69, 9.17) is 14.2 Å². The molecule has 3 aromatic rings. The molecule has 3 aromatic carbocycles. The Morgan fingerprint density at radius 3 is 1.86 bits per heavy atom. The predicted molar refractivity (Wildman–Crippen MR) is 140 cm³/mol. The summed E-state index contributed by atoms with van der Waals surface area (Å²) in [6, 6.07) is 23.4. The van der Waals surface area contributed by atoms with Crippen LogP contribution in [0.25, 0.3) is 6.08 Å². The van der Waals surface area contributed by atoms with Gasteiger partial charge in [0.1, 0.15) is 17.2 Å². The van der Waals surface area contributed by atoms with Gasteiger partial charge >= 0.3 is 0 Å². The molecule has 0 saturated carbocycles. The molecule has 4 rings (SSSR count). The van der Waals surface area contributed by atoms with Crippen molar-refractivity contribution in [2.75, 3.05) is 26.2 Å². The second kappa shape index (κ2) is 11.3. The summed E-state index contributed by atoms with van der Waals surface area (Å²) >= 11 is 0. The van der Waals surface area contributed by atoms with Crippen LogP contribution in [0.4, 0.5) is 5.69 Å². The number of amides is 1. The molecule has 0 saturated heterocycles. The Balaban J connectivity index is 1.77. The van der Waals surface area contributed by atoms with E-state index >= 15 is 0 Å². The molecule has 1 aliphatic rings. The number of hydrogen-bond acceptors (Lipinski definition) is 4. The van der Waals surface area contributed by atoms with Crippen LogP contribution < -0.4 is 19.1 Å². The Morgan fingerprint density at radius 1 is 0.743 bits per heavy atom. The van der Waals surface area contributed by atoms with Crippen molar-refractivity contribution in [2.24, 2.45) is 0 Å². The zero-order valence-corrected chi connectivity index (χ0v) is 20.2. The Hall–Kier alpha value is -4.25. The maximum absolute atomic E-state index is 13.3. The van der Waals surface area contributed by atoms with Crippen molar-refractivity contribution in [3.8, 4) is 17.2 Å². The van der Waals surface area contributed by atoms with Crippen LogP contribution in [-0.2, 0) is 4.79 Å². The molecule has 0 spiro atoms. The minimum absolute atomic E-state index is 0.0847. The second-order valence-electron chi connectivity index (χ2n) is 8.09. The van der Waals surface area contributed by atoms with E-state index in [1.165, 1.54) is 0 Å². The molecule has 1 atom stereocenters. The lowest BCUT2D eigenvalue weighted by Crippen LogP contribution is -2.29. The number of benzene rings is 3. The third kappa shape index (κ3) is 5.82. The van der Waals surface area contributed by atoms with E-state index in [-0.39, 0.29) is 11.8 Å². The van der Waals surface area contributed by atoms with Crippen LogP contribution in [0.1, 0.15) is 23.5 Å². The lowest BCUT2D eigenvalue weighted by atomic mass is 9.92. The van der Waals surface area contributed by atoms with E-state index in [0.717, 1.165) is 39.8 Å². The molecule has 1 heterocycles. The van der Waals surface area contributed by atoms with E-state index in [0.29, 0.717) is 6.42 Å². The summed E-state index contributed by atoms with van der Waals surface area (Å²) in [5, 5.41) is 0. The van der Waals surface area contributed by atoms with E-state index in [9.17, 15) is 4.79 Å². The van der Waals surface area contributed by atoms with Gasteiger partial charge in [0.25, 0.3) is 5.91 Å². The number of ether oxygens (including phenoxy) is 3. The fourth-order valence-corrected chi connectivity index (χ4v) is 3.98. The summed E-state index contributed by atoms with van der Waals surface area (Å²) in [5.41, 5.74) is 3.71. The standard InChI is InChI=1S/C30H29NO4/c1-33-27-15-8-22(9-16-27)7-12-26-21-24(23-10-17-28(34-2)18-11-23)5-4-6-30(32)31(26)25-13-19-29(35-3)20-14-25/h4,6-21,24H,5H2,1-3H3/b6-4-,12-7+,26-21-. The minimum Gasteiger partial charge on any atom is -0.497 e. The largest absolute Gasteiger partial charge is 0.497 e. The molecule has 5 nitrogen and oxygen atoms in total. The van der Waals surface area contributed by atoms with Gasteiger partial charge in [-0.3, -0.25) is 9.69 Å². The van der Waals surface area contributed by atoms with Gasteiger partial charge in [0.2, 0.25) is 0 Å². The van der Waals surface area contributed by atoms with Crippen molar-refractivity contribution in [3.05, 3.63) is 114 Å². The van der Waals surface area contributed by atoms with Crippen molar-refractivity contribution in [3.63, 3.8) is 0 Å². The molecule has 1 aliphatic heterocycles. The molecule has 0 bridgehead atoms. The van der Waals surface area contributed by atoms with Crippen molar-refractivity contribution < 1.29 is 19.0 Å². The third-order valence-electron chi connectivity index (χ3n) is 5.94. The van der Waals surface area contributed by atoms with Gasteiger partial charge in [0.15, 0.2) is 0 Å². The van der Waals surface area contributed by atoms with E-state index < -0.39 is 0 Å². The van der Waals surface area contributed by atoms with Crippen LogP contribution in [0.3, 0.4) is 0 Å². The first-order valence-corrected chi connectivity index (χ1v) is 11.4. The molecular weight excluding hydrogens is 438 g/mol. The van der Waals surface area contributed by atoms with Gasteiger partial charge in [0.05, 0.1) is 21.3 Å². The Morgan fingerprint density at radius 2 is 1.29 bits per heavy atom. The lowest BCUT2D eigenvalue weighted by Gasteiger charge is -2.26. The summed E-state index contributed by atoms with van der Waals surface area (Å²) < 4.78 is 15.9. The van der Waals surface area contributed by atoms with Crippen molar-refractivity contribution in [2.45, 2.75) is 12.3 Å². The van der Waals surface area contributed by atoms with Crippen LogP contribution >= 0.6 is 0 Å². The fourth-order valence-electron chi connectivity index (χ4n) is 3.98. The quantitative estimate of drug-likeness (QED) is 0.404. The van der Waals surface area contributed by atoms with Gasteiger partial charge in [-0.15, -0.1) is 0 Å². The Kier molecular flexibility index (Phi) is 7.68. The normalized spacial score (nSPS) is 18.4. The predicted octanol–water partition coefficient (Wildman–Crippen LogP) is 6.39. The zero-order chi connectivity index (χ0) is 24.6. The highest BCUT2D eigenvalue weighted by atomic mass is 16.5. The second-order valence-corrected chi connectivity index (χ2v) is 8.09. The number of nitrogens with zero attached hydrogens (tertiary/aromatic N) is 1. The van der Waals surface area contributed by atoms with E-state index in [1.807, 2.05) is 78.9 Å². The van der Waals surface area contributed by atoms with Crippen molar-refractivity contribution >= 4 is 17.7 Å². The monoisotopic (exact) mass is 467 g/mol. The number of hydrogen-bond donors (Lipinski definition) is 0. The third-order valence-corrected chi connectivity index (χ3v) is 5.94. The van der Waals surface area contributed by atoms with Gasteiger partial charge in [0, 0.05) is 17.3 Å². The molecule has 0 fully saturated rings. The first-order valence-electron chi connectivity index (χ1n) is 11.4. The molecule has 0 aliphatic carbocycles. The average molecular weight is 468 g/mol. The molecule has 1 amide bonds. The number of allylic oxidation sites excluding steroid dienone is 3. The molecule has 0 N–H and O–H groups in total. The maximum Gasteiger partial charge on any atom is 0.255 e. The SMILES string of the molecule is COc1ccc(/C=C/C2=C/C(c3ccc(OC)cc3)C/C=C\C(=O)N2c2ccc(OC)cc2)cc1. The number of rotatable bonds is 7. The van der Waals surface area contributed by atoms with Crippen LogP contribution in [0.2, 0.25) is 0 Å². The number of anilines is 1. The van der Waals surface area contributed by atoms with Gasteiger partial charge < -0.3 is 14.2 Å². The molecule has 178 valence electrons. The number of carbonyl (C=O) groups excluding carboxylic acids is 1. The van der Waals surface area contributed by atoms with E-state index in [2.05, 4.69) is 18.2 Å². The zero-order valence-electron chi connectivity index (χ0n) is 20.2. The first-order chi connectivity index (χ1) is 17.1. The molecule has 0 radical (unpaired) electrons. The topological polar surface area (TPSA) is 48.0 Å². The molecule has 35 heavy (non-hydrogen) atoms. The highest BCUT2D eigenvalue weighted by molar-refractivity contribution is 6.04. The average Bonchev–Trinajstić information content (AvgIpc) is 2.90. The summed E-state index contributed by atoms with van der Waals surface area (Å²) in [6.07, 6.45) is 10.4. The smallest absolute Gasteiger partial charge is 0.255 e. The first kappa shape index (κ1) is 23.9. The summed E-state index contributed by atoms with van der Waals surface area (Å²) in [6.45, 7) is 0. The van der Waals surface area contributed by atoms with Crippen LogP contribution in [0, 0.1) is 0 Å². The summed E-state index contributed by atoms with van der Waals surface area (Å²) in [7, 11) is 4.94. The van der Waals surface area contributed by atoms with Crippen LogP contribution in [0.5, 0.6) is 17.2 Å².